The molecule has 0 saturated carbocycles. The Hall–Kier alpha value is -1.11. The number of halogens is 1. The molecule has 23 heavy (non-hydrogen) atoms. The molecule has 0 bridgehead atoms. The van der Waals surface area contributed by atoms with Gasteiger partial charge in [-0.3, -0.25) is 4.90 Å². The van der Waals surface area contributed by atoms with Crippen LogP contribution in [0.3, 0.4) is 0 Å². The molecule has 2 aromatic rings. The van der Waals surface area contributed by atoms with Crippen molar-refractivity contribution >= 4 is 22.6 Å². The average molecular weight is 422 g/mol. The maximum absolute atomic E-state index is 5.80. The fraction of sp³-hybridized carbons (Fsp3) is 0.368. The quantitative estimate of drug-likeness (QED) is 0.724. The summed E-state index contributed by atoms with van der Waals surface area (Å²) >= 11 is 2.30. The van der Waals surface area contributed by atoms with Gasteiger partial charge in [0.1, 0.15) is 5.75 Å². The maximum Gasteiger partial charge on any atom is 0.119 e. The lowest BCUT2D eigenvalue weighted by molar-refractivity contribution is 0.233. The number of hydrogen-bond acceptors (Lipinski definition) is 3. The van der Waals surface area contributed by atoms with Crippen molar-refractivity contribution < 1.29 is 4.74 Å². The van der Waals surface area contributed by atoms with Gasteiger partial charge in [0.05, 0.1) is 6.61 Å². The molecule has 122 valence electrons. The Balaban J connectivity index is 1.44. The van der Waals surface area contributed by atoms with Gasteiger partial charge < -0.3 is 10.1 Å². The monoisotopic (exact) mass is 422 g/mol. The third kappa shape index (κ3) is 5.48. The first-order valence-corrected chi connectivity index (χ1v) is 9.27. The first kappa shape index (κ1) is 16.7. The minimum Gasteiger partial charge on any atom is -0.493 e. The topological polar surface area (TPSA) is 24.5 Å². The van der Waals surface area contributed by atoms with Crippen molar-refractivity contribution in [1.29, 1.82) is 0 Å². The summed E-state index contributed by atoms with van der Waals surface area (Å²) in [6, 6.07) is 17.2. The molecule has 1 saturated heterocycles. The second-order valence-corrected chi connectivity index (χ2v) is 7.14. The zero-order valence-electron chi connectivity index (χ0n) is 13.3. The largest absolute Gasteiger partial charge is 0.493 e. The van der Waals surface area contributed by atoms with Crippen LogP contribution in [0.25, 0.3) is 0 Å². The summed E-state index contributed by atoms with van der Waals surface area (Å²) in [4.78, 5) is 2.51. The summed E-state index contributed by atoms with van der Waals surface area (Å²) in [6.45, 7) is 6.28. The Morgan fingerprint density at radius 2 is 1.57 bits per heavy atom. The van der Waals surface area contributed by atoms with Crippen LogP contribution < -0.4 is 10.1 Å². The molecule has 0 atom stereocenters. The average Bonchev–Trinajstić information content (AvgIpc) is 2.59. The van der Waals surface area contributed by atoms with Crippen LogP contribution >= 0.6 is 22.6 Å². The van der Waals surface area contributed by atoms with Crippen LogP contribution in [-0.2, 0) is 13.0 Å². The highest BCUT2D eigenvalue weighted by atomic mass is 127. The molecule has 0 aromatic heterocycles. The first-order chi connectivity index (χ1) is 11.3. The van der Waals surface area contributed by atoms with Gasteiger partial charge in [-0.1, -0.05) is 24.3 Å². The smallest absolute Gasteiger partial charge is 0.119 e. The lowest BCUT2D eigenvalue weighted by atomic mass is 10.1. The molecule has 1 aliphatic rings. The van der Waals surface area contributed by atoms with Gasteiger partial charge in [0.2, 0.25) is 0 Å². The number of piperazine rings is 1. The van der Waals surface area contributed by atoms with E-state index in [-0.39, 0.29) is 0 Å². The van der Waals surface area contributed by atoms with E-state index < -0.39 is 0 Å². The number of benzene rings is 2. The molecule has 0 radical (unpaired) electrons. The Labute approximate surface area is 152 Å². The molecular formula is C19H23IN2O. The molecule has 1 aliphatic heterocycles. The molecule has 0 spiro atoms. The van der Waals surface area contributed by atoms with Crippen molar-refractivity contribution in [3.63, 3.8) is 0 Å². The fourth-order valence-electron chi connectivity index (χ4n) is 2.76. The summed E-state index contributed by atoms with van der Waals surface area (Å²) in [5, 5.41) is 3.39. The summed E-state index contributed by atoms with van der Waals surface area (Å²) < 4.78 is 7.03. The maximum atomic E-state index is 5.80. The van der Waals surface area contributed by atoms with Crippen molar-refractivity contribution in [1.82, 2.24) is 10.2 Å². The van der Waals surface area contributed by atoms with Crippen LogP contribution in [0.1, 0.15) is 11.1 Å². The van der Waals surface area contributed by atoms with Crippen molar-refractivity contribution in [2.24, 2.45) is 0 Å². The zero-order valence-corrected chi connectivity index (χ0v) is 15.5. The predicted molar refractivity (Wildman–Crippen MR) is 103 cm³/mol. The van der Waals surface area contributed by atoms with Crippen LogP contribution in [0.15, 0.2) is 48.5 Å². The molecule has 1 N–H and O–H groups in total. The van der Waals surface area contributed by atoms with Crippen LogP contribution in [0.2, 0.25) is 0 Å². The van der Waals surface area contributed by atoms with E-state index >= 15 is 0 Å². The Morgan fingerprint density at radius 3 is 2.26 bits per heavy atom. The van der Waals surface area contributed by atoms with E-state index in [9.17, 15) is 0 Å². The normalized spacial score (nSPS) is 15.5. The Kier molecular flexibility index (Phi) is 6.30. The van der Waals surface area contributed by atoms with Gasteiger partial charge in [0.15, 0.2) is 0 Å². The van der Waals surface area contributed by atoms with Crippen molar-refractivity contribution in [3.05, 3.63) is 63.2 Å². The summed E-state index contributed by atoms with van der Waals surface area (Å²) in [5.74, 6) is 0.945. The van der Waals surface area contributed by atoms with Gasteiger partial charge in [0.25, 0.3) is 0 Å². The summed E-state index contributed by atoms with van der Waals surface area (Å²) in [6.07, 6.45) is 0.944. The predicted octanol–water partition coefficient (Wildman–Crippen LogP) is 3.32. The number of hydrogen-bond donors (Lipinski definition) is 1. The Morgan fingerprint density at radius 1 is 0.913 bits per heavy atom. The number of rotatable bonds is 6. The molecule has 0 amide bonds. The van der Waals surface area contributed by atoms with Gasteiger partial charge >= 0.3 is 0 Å². The first-order valence-electron chi connectivity index (χ1n) is 8.19. The lowest BCUT2D eigenvalue weighted by Crippen LogP contribution is -2.42. The SMILES string of the molecule is Ic1ccc(OCCc2ccc(CN3CCNCC3)cc2)cc1. The van der Waals surface area contributed by atoms with E-state index in [2.05, 4.69) is 69.2 Å². The van der Waals surface area contributed by atoms with Gasteiger partial charge in [0, 0.05) is 42.7 Å². The van der Waals surface area contributed by atoms with Gasteiger partial charge in [-0.25, -0.2) is 0 Å². The van der Waals surface area contributed by atoms with Crippen LogP contribution in [0, 0.1) is 3.57 Å². The molecular weight excluding hydrogens is 399 g/mol. The van der Waals surface area contributed by atoms with Gasteiger partial charge in [-0.2, -0.15) is 0 Å². The molecule has 1 fully saturated rings. The highest BCUT2D eigenvalue weighted by molar-refractivity contribution is 14.1. The van der Waals surface area contributed by atoms with Crippen LogP contribution in [-0.4, -0.2) is 37.7 Å². The number of nitrogens with one attached hydrogen (secondary N) is 1. The zero-order chi connectivity index (χ0) is 15.9. The van der Waals surface area contributed by atoms with Gasteiger partial charge in [-0.15, -0.1) is 0 Å². The standard InChI is InChI=1S/C19H23IN2O/c20-18-5-7-19(8-6-18)23-14-9-16-1-3-17(4-2-16)15-22-12-10-21-11-13-22/h1-8,21H,9-15H2. The third-order valence-corrected chi connectivity index (χ3v) is 4.83. The van der Waals surface area contributed by atoms with E-state index in [1.807, 2.05) is 12.1 Å². The Bertz CT molecular complexity index is 592. The van der Waals surface area contributed by atoms with E-state index in [1.165, 1.54) is 14.7 Å². The van der Waals surface area contributed by atoms with E-state index in [0.717, 1.165) is 51.5 Å². The molecule has 1 heterocycles. The molecule has 4 heteroatoms. The minimum absolute atomic E-state index is 0.720. The third-order valence-electron chi connectivity index (χ3n) is 4.11. The summed E-state index contributed by atoms with van der Waals surface area (Å²) in [7, 11) is 0. The second kappa shape index (κ2) is 8.66. The molecule has 2 aromatic carbocycles. The molecule has 0 unspecified atom stereocenters. The van der Waals surface area contributed by atoms with Gasteiger partial charge in [-0.05, 0) is 58.0 Å². The number of ether oxygens (including phenoxy) is 1. The highest BCUT2D eigenvalue weighted by Crippen LogP contribution is 2.14. The minimum atomic E-state index is 0.720. The summed E-state index contributed by atoms with van der Waals surface area (Å²) in [5.41, 5.74) is 2.73. The van der Waals surface area contributed by atoms with E-state index in [1.54, 1.807) is 0 Å². The van der Waals surface area contributed by atoms with Crippen molar-refractivity contribution in [2.45, 2.75) is 13.0 Å². The molecule has 3 rings (SSSR count). The van der Waals surface area contributed by atoms with E-state index in [4.69, 9.17) is 4.74 Å². The number of nitrogens with zero attached hydrogens (tertiary/aromatic N) is 1. The van der Waals surface area contributed by atoms with Crippen LogP contribution in [0.5, 0.6) is 5.75 Å². The molecule has 3 nitrogen and oxygen atoms in total. The van der Waals surface area contributed by atoms with E-state index in [0.29, 0.717) is 0 Å². The fourth-order valence-corrected chi connectivity index (χ4v) is 3.12. The second-order valence-electron chi connectivity index (χ2n) is 5.90. The molecule has 0 aliphatic carbocycles. The lowest BCUT2D eigenvalue weighted by Gasteiger charge is -2.27. The highest BCUT2D eigenvalue weighted by Gasteiger charge is 2.09. The van der Waals surface area contributed by atoms with Crippen molar-refractivity contribution in [2.75, 3.05) is 32.8 Å². The van der Waals surface area contributed by atoms with Crippen LogP contribution in [0.4, 0.5) is 0 Å². The van der Waals surface area contributed by atoms with Crippen molar-refractivity contribution in [3.8, 4) is 5.75 Å².